The van der Waals surface area contributed by atoms with Gasteiger partial charge in [-0.15, -0.1) is 11.3 Å². The predicted molar refractivity (Wildman–Crippen MR) is 82.7 cm³/mol. The van der Waals surface area contributed by atoms with E-state index in [0.29, 0.717) is 11.5 Å². The van der Waals surface area contributed by atoms with E-state index in [1.165, 1.54) is 23.5 Å². The Balaban J connectivity index is 2.39. The molecule has 1 N–H and O–H groups in total. The number of rotatable bonds is 6. The van der Waals surface area contributed by atoms with Gasteiger partial charge >= 0.3 is 0 Å². The lowest BCUT2D eigenvalue weighted by Crippen LogP contribution is -2.24. The van der Waals surface area contributed by atoms with E-state index in [2.05, 4.69) is 24.1 Å². The maximum Gasteiger partial charge on any atom is 0.128 e. The molecule has 0 aliphatic rings. The minimum absolute atomic E-state index is 0.313. The standard InChI is InChI=1S/C16H20F2N2S/c1-4-7-19-15(12-8-11(17)5-6-13(12)18)16-20-14(9-21-16)10(2)3/h5-6,8-10,15,19H,4,7H2,1-3H3. The predicted octanol–water partition coefficient (Wildman–Crippen LogP) is 4.63. The maximum atomic E-state index is 14.1. The molecule has 0 saturated heterocycles. The van der Waals surface area contributed by atoms with Crippen LogP contribution >= 0.6 is 11.3 Å². The van der Waals surface area contributed by atoms with Crippen molar-refractivity contribution in [2.24, 2.45) is 0 Å². The molecule has 0 bridgehead atoms. The molecule has 1 unspecified atom stereocenters. The first-order valence-corrected chi connectivity index (χ1v) is 8.04. The number of nitrogens with zero attached hydrogens (tertiary/aromatic N) is 1. The first kappa shape index (κ1) is 16.0. The van der Waals surface area contributed by atoms with Crippen LogP contribution in [0.1, 0.15) is 55.4 Å². The molecular weight excluding hydrogens is 290 g/mol. The van der Waals surface area contributed by atoms with E-state index in [1.807, 2.05) is 12.3 Å². The molecule has 0 saturated carbocycles. The maximum absolute atomic E-state index is 14.1. The van der Waals surface area contributed by atoms with Crippen LogP contribution in [0.3, 0.4) is 0 Å². The number of nitrogens with one attached hydrogen (secondary N) is 1. The van der Waals surface area contributed by atoms with Crippen molar-refractivity contribution in [3.63, 3.8) is 0 Å². The lowest BCUT2D eigenvalue weighted by molar-refractivity contribution is 0.533. The number of halogens is 2. The molecular formula is C16H20F2N2S. The molecule has 0 aliphatic carbocycles. The van der Waals surface area contributed by atoms with E-state index in [1.54, 1.807) is 0 Å². The van der Waals surface area contributed by atoms with E-state index in [4.69, 9.17) is 0 Å². The van der Waals surface area contributed by atoms with Gasteiger partial charge in [-0.25, -0.2) is 13.8 Å². The minimum Gasteiger partial charge on any atom is -0.304 e. The summed E-state index contributed by atoms with van der Waals surface area (Å²) in [7, 11) is 0. The molecule has 5 heteroatoms. The third kappa shape index (κ3) is 3.86. The van der Waals surface area contributed by atoms with Gasteiger partial charge in [-0.05, 0) is 37.1 Å². The van der Waals surface area contributed by atoms with Crippen LogP contribution in [0.15, 0.2) is 23.6 Å². The van der Waals surface area contributed by atoms with E-state index < -0.39 is 17.7 Å². The Morgan fingerprint density at radius 3 is 2.67 bits per heavy atom. The monoisotopic (exact) mass is 310 g/mol. The Bertz CT molecular complexity index is 596. The molecule has 0 radical (unpaired) electrons. The van der Waals surface area contributed by atoms with Gasteiger partial charge in [0.1, 0.15) is 16.6 Å². The largest absolute Gasteiger partial charge is 0.304 e. The van der Waals surface area contributed by atoms with Gasteiger partial charge in [-0.3, -0.25) is 0 Å². The van der Waals surface area contributed by atoms with Crippen LogP contribution < -0.4 is 5.32 Å². The number of thiazole rings is 1. The van der Waals surface area contributed by atoms with Gasteiger partial charge < -0.3 is 5.32 Å². The lowest BCUT2D eigenvalue weighted by atomic mass is 10.1. The molecule has 0 amide bonds. The van der Waals surface area contributed by atoms with Gasteiger partial charge in [0.15, 0.2) is 0 Å². The highest BCUT2D eigenvalue weighted by Crippen LogP contribution is 2.29. The van der Waals surface area contributed by atoms with Crippen molar-refractivity contribution in [1.29, 1.82) is 0 Å². The summed E-state index contributed by atoms with van der Waals surface area (Å²) in [5, 5.41) is 6.02. The van der Waals surface area contributed by atoms with Crippen molar-refractivity contribution in [3.05, 3.63) is 51.5 Å². The highest BCUT2D eigenvalue weighted by Gasteiger charge is 2.21. The van der Waals surface area contributed by atoms with Crippen LogP contribution in [0.5, 0.6) is 0 Å². The number of hydrogen-bond acceptors (Lipinski definition) is 3. The fraction of sp³-hybridized carbons (Fsp3) is 0.438. The summed E-state index contributed by atoms with van der Waals surface area (Å²) in [6, 6.07) is 3.15. The first-order valence-electron chi connectivity index (χ1n) is 7.16. The number of hydrogen-bond donors (Lipinski definition) is 1. The van der Waals surface area contributed by atoms with Gasteiger partial charge in [0.25, 0.3) is 0 Å². The van der Waals surface area contributed by atoms with E-state index in [9.17, 15) is 8.78 Å². The zero-order valence-electron chi connectivity index (χ0n) is 12.5. The highest BCUT2D eigenvalue weighted by atomic mass is 32.1. The summed E-state index contributed by atoms with van der Waals surface area (Å²) < 4.78 is 27.5. The molecule has 2 aromatic rings. The molecule has 114 valence electrons. The third-order valence-corrected chi connectivity index (χ3v) is 4.17. The molecule has 0 aliphatic heterocycles. The molecule has 0 spiro atoms. The molecule has 0 fully saturated rings. The van der Waals surface area contributed by atoms with Crippen LogP contribution in [-0.4, -0.2) is 11.5 Å². The normalized spacial score (nSPS) is 12.9. The van der Waals surface area contributed by atoms with Crippen molar-refractivity contribution in [2.75, 3.05) is 6.54 Å². The summed E-state index contributed by atoms with van der Waals surface area (Å²) in [5.41, 5.74) is 1.29. The van der Waals surface area contributed by atoms with Gasteiger partial charge in [0, 0.05) is 10.9 Å². The second-order valence-electron chi connectivity index (χ2n) is 5.32. The van der Waals surface area contributed by atoms with E-state index >= 15 is 0 Å². The van der Waals surface area contributed by atoms with Gasteiger partial charge in [-0.2, -0.15) is 0 Å². The second kappa shape index (κ2) is 7.09. The van der Waals surface area contributed by atoms with Gasteiger partial charge in [-0.1, -0.05) is 20.8 Å². The second-order valence-corrected chi connectivity index (χ2v) is 6.21. The molecule has 1 aromatic carbocycles. The molecule has 1 atom stereocenters. The number of benzene rings is 1. The average molecular weight is 310 g/mol. The van der Waals surface area contributed by atoms with Crippen molar-refractivity contribution >= 4 is 11.3 Å². The third-order valence-electron chi connectivity index (χ3n) is 3.25. The average Bonchev–Trinajstić information content (AvgIpc) is 2.93. The van der Waals surface area contributed by atoms with Crippen molar-refractivity contribution in [1.82, 2.24) is 10.3 Å². The summed E-state index contributed by atoms with van der Waals surface area (Å²) in [5.74, 6) is -0.527. The molecule has 1 heterocycles. The number of aromatic nitrogens is 1. The summed E-state index contributed by atoms with van der Waals surface area (Å²) in [4.78, 5) is 4.58. The van der Waals surface area contributed by atoms with Crippen LogP contribution in [0, 0.1) is 11.6 Å². The Kier molecular flexibility index (Phi) is 5.42. The Labute approximate surface area is 128 Å². The van der Waals surface area contributed by atoms with Crippen molar-refractivity contribution in [3.8, 4) is 0 Å². The molecule has 21 heavy (non-hydrogen) atoms. The zero-order chi connectivity index (χ0) is 15.4. The first-order chi connectivity index (χ1) is 10.0. The zero-order valence-corrected chi connectivity index (χ0v) is 13.3. The van der Waals surface area contributed by atoms with E-state index in [-0.39, 0.29) is 0 Å². The summed E-state index contributed by atoms with van der Waals surface area (Å²) in [6.07, 6.45) is 0.913. The molecule has 2 nitrogen and oxygen atoms in total. The quantitative estimate of drug-likeness (QED) is 0.841. The lowest BCUT2D eigenvalue weighted by Gasteiger charge is -2.17. The smallest absolute Gasteiger partial charge is 0.128 e. The fourth-order valence-corrected chi connectivity index (χ4v) is 3.12. The summed E-state index contributed by atoms with van der Waals surface area (Å²) in [6.45, 7) is 6.89. The van der Waals surface area contributed by atoms with Crippen LogP contribution in [-0.2, 0) is 0 Å². The molecule has 1 aromatic heterocycles. The van der Waals surface area contributed by atoms with Gasteiger partial charge in [0.05, 0.1) is 11.7 Å². The topological polar surface area (TPSA) is 24.9 Å². The fourth-order valence-electron chi connectivity index (χ4n) is 2.05. The van der Waals surface area contributed by atoms with E-state index in [0.717, 1.165) is 29.7 Å². The summed E-state index contributed by atoms with van der Waals surface area (Å²) >= 11 is 1.48. The van der Waals surface area contributed by atoms with Crippen molar-refractivity contribution in [2.45, 2.75) is 39.2 Å². The Morgan fingerprint density at radius 1 is 1.29 bits per heavy atom. The van der Waals surface area contributed by atoms with Gasteiger partial charge in [0.2, 0.25) is 0 Å². The van der Waals surface area contributed by atoms with Crippen LogP contribution in [0.25, 0.3) is 0 Å². The highest BCUT2D eigenvalue weighted by molar-refractivity contribution is 7.09. The Hall–Kier alpha value is -1.33. The van der Waals surface area contributed by atoms with Crippen LogP contribution in [0.2, 0.25) is 0 Å². The van der Waals surface area contributed by atoms with Crippen molar-refractivity contribution < 1.29 is 8.78 Å². The van der Waals surface area contributed by atoms with Crippen LogP contribution in [0.4, 0.5) is 8.78 Å². The Morgan fingerprint density at radius 2 is 2.05 bits per heavy atom. The SMILES string of the molecule is CCCNC(c1nc(C(C)C)cs1)c1cc(F)ccc1F. The minimum atomic E-state index is -0.435. The molecule has 2 rings (SSSR count).